The van der Waals surface area contributed by atoms with E-state index < -0.39 is 0 Å². The highest BCUT2D eigenvalue weighted by Gasteiger charge is 2.08. The number of aromatic nitrogens is 1. The van der Waals surface area contributed by atoms with Crippen molar-refractivity contribution < 1.29 is 0 Å². The fourth-order valence-electron chi connectivity index (χ4n) is 1.69. The largest absolute Gasteiger partial charge is 0.339 e. The molecular weight excluding hydrogens is 160 g/mol. The number of benzene rings is 1. The highest BCUT2D eigenvalue weighted by atomic mass is 15.3. The molecule has 2 rings (SSSR count). The third kappa shape index (κ3) is 1.18. The van der Waals surface area contributed by atoms with E-state index in [9.17, 15) is 0 Å². The molecule has 0 saturated heterocycles. The van der Waals surface area contributed by atoms with Crippen LogP contribution in [-0.2, 0) is 0 Å². The van der Waals surface area contributed by atoms with E-state index in [-0.39, 0.29) is 0 Å². The summed E-state index contributed by atoms with van der Waals surface area (Å²) >= 11 is 0. The molecule has 2 heteroatoms. The molecule has 1 heterocycles. The van der Waals surface area contributed by atoms with Gasteiger partial charge in [-0.15, -0.1) is 0 Å². The van der Waals surface area contributed by atoms with Gasteiger partial charge in [0.2, 0.25) is 0 Å². The number of nitrogen functional groups attached to an aromatic ring is 1. The molecule has 2 aromatic rings. The van der Waals surface area contributed by atoms with Gasteiger partial charge in [0.1, 0.15) is 0 Å². The van der Waals surface area contributed by atoms with Crippen LogP contribution >= 0.6 is 0 Å². The number of para-hydroxylation sites is 1. The lowest BCUT2D eigenvalue weighted by Crippen LogP contribution is -2.04. The summed E-state index contributed by atoms with van der Waals surface area (Å²) < 4.78 is 1.70. The maximum Gasteiger partial charge on any atom is 0.0693 e. The lowest BCUT2D eigenvalue weighted by atomic mass is 10.0. The minimum atomic E-state index is 0.523. The van der Waals surface area contributed by atoms with Gasteiger partial charge in [-0.1, -0.05) is 32.0 Å². The van der Waals surface area contributed by atoms with Crippen molar-refractivity contribution in [2.75, 3.05) is 5.84 Å². The van der Waals surface area contributed by atoms with Crippen LogP contribution in [0.15, 0.2) is 30.5 Å². The molecular formula is C11H14N2. The summed E-state index contributed by atoms with van der Waals surface area (Å²) in [4.78, 5) is 0. The standard InChI is InChI=1S/C11H14N2/c1-8(2)10-7-13(12)11-6-4-3-5-9(10)11/h3-8H,12H2,1-2H3. The molecule has 0 radical (unpaired) electrons. The van der Waals surface area contributed by atoms with Crippen LogP contribution in [0.3, 0.4) is 0 Å². The minimum absolute atomic E-state index is 0.523. The Bertz CT molecular complexity index is 427. The maximum absolute atomic E-state index is 5.83. The number of nitrogens with zero attached hydrogens (tertiary/aromatic N) is 1. The van der Waals surface area contributed by atoms with Crippen molar-refractivity contribution in [1.29, 1.82) is 0 Å². The molecule has 13 heavy (non-hydrogen) atoms. The van der Waals surface area contributed by atoms with E-state index in [2.05, 4.69) is 19.9 Å². The molecule has 2 N–H and O–H groups in total. The van der Waals surface area contributed by atoms with Gasteiger partial charge < -0.3 is 5.84 Å². The Kier molecular flexibility index (Phi) is 1.76. The van der Waals surface area contributed by atoms with E-state index in [0.29, 0.717) is 5.92 Å². The predicted molar refractivity (Wildman–Crippen MR) is 56.2 cm³/mol. The van der Waals surface area contributed by atoms with Crippen molar-refractivity contribution in [2.24, 2.45) is 0 Å². The van der Waals surface area contributed by atoms with E-state index in [4.69, 9.17) is 5.84 Å². The van der Waals surface area contributed by atoms with Gasteiger partial charge in [-0.25, -0.2) is 0 Å². The highest BCUT2D eigenvalue weighted by Crippen LogP contribution is 2.25. The summed E-state index contributed by atoms with van der Waals surface area (Å²) in [6.45, 7) is 4.36. The summed E-state index contributed by atoms with van der Waals surface area (Å²) in [5.74, 6) is 6.35. The van der Waals surface area contributed by atoms with Crippen molar-refractivity contribution in [3.8, 4) is 0 Å². The fraction of sp³-hybridized carbons (Fsp3) is 0.273. The second kappa shape index (κ2) is 2.80. The minimum Gasteiger partial charge on any atom is -0.339 e. The fourth-order valence-corrected chi connectivity index (χ4v) is 1.69. The molecule has 0 aliphatic carbocycles. The molecule has 0 bridgehead atoms. The van der Waals surface area contributed by atoms with Gasteiger partial charge in [0.15, 0.2) is 0 Å². The maximum atomic E-state index is 5.83. The first-order chi connectivity index (χ1) is 6.20. The van der Waals surface area contributed by atoms with Gasteiger partial charge in [0, 0.05) is 11.6 Å². The van der Waals surface area contributed by atoms with E-state index in [1.807, 2.05) is 24.4 Å². The van der Waals surface area contributed by atoms with E-state index in [1.54, 1.807) is 4.68 Å². The first-order valence-corrected chi connectivity index (χ1v) is 4.55. The van der Waals surface area contributed by atoms with Crippen LogP contribution in [0.4, 0.5) is 0 Å². The Morgan fingerprint density at radius 1 is 1.23 bits per heavy atom. The van der Waals surface area contributed by atoms with Crippen LogP contribution in [-0.4, -0.2) is 4.68 Å². The molecule has 0 aliphatic heterocycles. The Morgan fingerprint density at radius 2 is 1.92 bits per heavy atom. The molecule has 0 aliphatic rings. The Morgan fingerprint density at radius 3 is 2.62 bits per heavy atom. The van der Waals surface area contributed by atoms with Crippen LogP contribution in [0, 0.1) is 0 Å². The Hall–Kier alpha value is -1.44. The normalized spacial score (nSPS) is 11.3. The van der Waals surface area contributed by atoms with E-state index in [0.717, 1.165) is 5.52 Å². The molecule has 1 aromatic carbocycles. The van der Waals surface area contributed by atoms with E-state index in [1.165, 1.54) is 10.9 Å². The van der Waals surface area contributed by atoms with Gasteiger partial charge >= 0.3 is 0 Å². The summed E-state index contributed by atoms with van der Waals surface area (Å²) in [6, 6.07) is 8.22. The Balaban J connectivity index is 2.78. The van der Waals surface area contributed by atoms with Crippen molar-refractivity contribution in [2.45, 2.75) is 19.8 Å². The van der Waals surface area contributed by atoms with Crippen molar-refractivity contribution >= 4 is 10.9 Å². The summed E-state index contributed by atoms with van der Waals surface area (Å²) in [5, 5.41) is 1.26. The average molecular weight is 174 g/mol. The molecule has 0 atom stereocenters. The van der Waals surface area contributed by atoms with E-state index >= 15 is 0 Å². The van der Waals surface area contributed by atoms with Crippen molar-refractivity contribution in [1.82, 2.24) is 4.68 Å². The summed E-state index contributed by atoms with van der Waals surface area (Å²) in [7, 11) is 0. The number of nitrogens with two attached hydrogens (primary N) is 1. The smallest absolute Gasteiger partial charge is 0.0693 e. The third-order valence-electron chi connectivity index (χ3n) is 2.39. The number of fused-ring (bicyclic) bond motifs is 1. The second-order valence-corrected chi connectivity index (χ2v) is 3.66. The first-order valence-electron chi connectivity index (χ1n) is 4.55. The molecule has 0 spiro atoms. The first kappa shape index (κ1) is 8.17. The van der Waals surface area contributed by atoms with Crippen molar-refractivity contribution in [3.05, 3.63) is 36.0 Å². The quantitative estimate of drug-likeness (QED) is 0.661. The molecule has 0 amide bonds. The molecule has 68 valence electrons. The third-order valence-corrected chi connectivity index (χ3v) is 2.39. The number of hydrogen-bond donors (Lipinski definition) is 1. The second-order valence-electron chi connectivity index (χ2n) is 3.66. The average Bonchev–Trinajstić information content (AvgIpc) is 2.45. The zero-order valence-electron chi connectivity index (χ0n) is 7.99. The van der Waals surface area contributed by atoms with Crippen LogP contribution < -0.4 is 5.84 Å². The Labute approximate surface area is 77.9 Å². The molecule has 1 aromatic heterocycles. The van der Waals surface area contributed by atoms with Crippen LogP contribution in [0.2, 0.25) is 0 Å². The van der Waals surface area contributed by atoms with Gasteiger partial charge in [0.25, 0.3) is 0 Å². The summed E-state index contributed by atoms with van der Waals surface area (Å²) in [5.41, 5.74) is 2.42. The van der Waals surface area contributed by atoms with Gasteiger partial charge in [-0.3, -0.25) is 4.68 Å². The van der Waals surface area contributed by atoms with Gasteiger partial charge in [0.05, 0.1) is 5.52 Å². The molecule has 0 fully saturated rings. The summed E-state index contributed by atoms with van der Waals surface area (Å²) in [6.07, 6.45) is 2.01. The topological polar surface area (TPSA) is 30.9 Å². The zero-order valence-corrected chi connectivity index (χ0v) is 7.99. The molecule has 0 unspecified atom stereocenters. The monoisotopic (exact) mass is 174 g/mol. The van der Waals surface area contributed by atoms with Crippen molar-refractivity contribution in [3.63, 3.8) is 0 Å². The SMILES string of the molecule is CC(C)c1cn(N)c2ccccc12. The predicted octanol–water partition coefficient (Wildman–Crippen LogP) is 2.48. The zero-order chi connectivity index (χ0) is 9.42. The molecule has 0 saturated carbocycles. The van der Waals surface area contributed by atoms with Crippen LogP contribution in [0.1, 0.15) is 25.3 Å². The lowest BCUT2D eigenvalue weighted by Gasteiger charge is -2.00. The number of hydrogen-bond acceptors (Lipinski definition) is 1. The van der Waals surface area contributed by atoms with Gasteiger partial charge in [-0.2, -0.15) is 0 Å². The molecule has 2 nitrogen and oxygen atoms in total. The van der Waals surface area contributed by atoms with Crippen LogP contribution in [0.5, 0.6) is 0 Å². The highest BCUT2D eigenvalue weighted by molar-refractivity contribution is 5.84. The van der Waals surface area contributed by atoms with Gasteiger partial charge in [-0.05, 0) is 17.5 Å². The lowest BCUT2D eigenvalue weighted by molar-refractivity contribution is 0.866. The van der Waals surface area contributed by atoms with Crippen LogP contribution in [0.25, 0.3) is 10.9 Å². The number of rotatable bonds is 1.